The predicted octanol–water partition coefficient (Wildman–Crippen LogP) is 2.95. The quantitative estimate of drug-likeness (QED) is 0.831. The second-order valence-corrected chi connectivity index (χ2v) is 5.83. The minimum Gasteiger partial charge on any atom is -0.349 e. The molecule has 0 saturated heterocycles. The van der Waals surface area contributed by atoms with Crippen LogP contribution in [0.4, 0.5) is 13.2 Å². The van der Waals surface area contributed by atoms with Gasteiger partial charge in [-0.3, -0.25) is 9.89 Å². The number of hydrogen-bond donors (Lipinski definition) is 2. The fourth-order valence-corrected chi connectivity index (χ4v) is 3.23. The average molecular weight is 336 g/mol. The lowest BCUT2D eigenvalue weighted by Gasteiger charge is -2.31. The van der Waals surface area contributed by atoms with Crippen molar-refractivity contribution in [1.82, 2.24) is 20.1 Å². The molecule has 2 rings (SSSR count). The van der Waals surface area contributed by atoms with E-state index in [-0.39, 0.29) is 19.4 Å². The van der Waals surface area contributed by atoms with Crippen LogP contribution in [0, 0.1) is 16.6 Å². The van der Waals surface area contributed by atoms with Crippen LogP contribution < -0.4 is 5.32 Å². The van der Waals surface area contributed by atoms with E-state index >= 15 is 0 Å². The average Bonchev–Trinajstić information content (AvgIpc) is 2.84. The molecule has 1 aromatic heterocycles. The lowest BCUT2D eigenvalue weighted by Crippen LogP contribution is -2.42. The third-order valence-electron chi connectivity index (χ3n) is 4.10. The summed E-state index contributed by atoms with van der Waals surface area (Å²) in [4.78, 5) is 12.2. The smallest absolute Gasteiger partial charge is 0.349 e. The highest BCUT2D eigenvalue weighted by Crippen LogP contribution is 2.41. The van der Waals surface area contributed by atoms with Gasteiger partial charge in [-0.1, -0.05) is 12.8 Å². The van der Waals surface area contributed by atoms with Gasteiger partial charge in [0.05, 0.1) is 12.5 Å². The molecular weight excluding hydrogens is 317 g/mol. The Balaban J connectivity index is 2.03. The molecule has 0 aliphatic heterocycles. The SMILES string of the molecule is CCn1c(CNC(=O)[C@H]2CCCC[C@H]2C(F)(F)F)n[nH]c1=S. The fourth-order valence-electron chi connectivity index (χ4n) is 2.95. The number of amides is 1. The zero-order valence-electron chi connectivity index (χ0n) is 12.2. The molecule has 0 spiro atoms. The molecule has 1 saturated carbocycles. The number of carbonyl (C=O) groups is 1. The van der Waals surface area contributed by atoms with Gasteiger partial charge in [0.15, 0.2) is 10.6 Å². The second kappa shape index (κ2) is 6.80. The highest BCUT2D eigenvalue weighted by molar-refractivity contribution is 7.71. The number of halogens is 3. The first-order valence-corrected chi connectivity index (χ1v) is 7.74. The maximum absolute atomic E-state index is 13.0. The third-order valence-corrected chi connectivity index (χ3v) is 4.41. The number of aromatic nitrogens is 3. The van der Waals surface area contributed by atoms with Crippen LogP contribution in [0.2, 0.25) is 0 Å². The molecule has 1 heterocycles. The Morgan fingerprint density at radius 3 is 2.77 bits per heavy atom. The van der Waals surface area contributed by atoms with Crippen LogP contribution in [0.1, 0.15) is 38.4 Å². The molecule has 0 bridgehead atoms. The van der Waals surface area contributed by atoms with Crippen molar-refractivity contribution in [2.24, 2.45) is 11.8 Å². The minimum absolute atomic E-state index is 0.0231. The number of H-pyrrole nitrogens is 1. The number of aromatic amines is 1. The van der Waals surface area contributed by atoms with E-state index < -0.39 is 23.9 Å². The van der Waals surface area contributed by atoms with Crippen molar-refractivity contribution in [1.29, 1.82) is 0 Å². The summed E-state index contributed by atoms with van der Waals surface area (Å²) >= 11 is 5.03. The van der Waals surface area contributed by atoms with Gasteiger partial charge in [-0.05, 0) is 32.0 Å². The van der Waals surface area contributed by atoms with E-state index in [9.17, 15) is 18.0 Å². The molecule has 0 unspecified atom stereocenters. The Morgan fingerprint density at radius 1 is 1.45 bits per heavy atom. The number of alkyl halides is 3. The normalized spacial score (nSPS) is 22.5. The Hall–Kier alpha value is -1.38. The van der Waals surface area contributed by atoms with Crippen molar-refractivity contribution in [2.75, 3.05) is 0 Å². The van der Waals surface area contributed by atoms with Gasteiger partial charge in [-0.25, -0.2) is 0 Å². The van der Waals surface area contributed by atoms with E-state index in [1.54, 1.807) is 4.57 Å². The number of carbonyl (C=O) groups excluding carboxylic acids is 1. The molecule has 5 nitrogen and oxygen atoms in total. The molecule has 1 fully saturated rings. The summed E-state index contributed by atoms with van der Waals surface area (Å²) in [6.07, 6.45) is -2.86. The summed E-state index contributed by atoms with van der Waals surface area (Å²) in [5, 5.41) is 9.16. The van der Waals surface area contributed by atoms with Crippen LogP contribution in [-0.2, 0) is 17.9 Å². The summed E-state index contributed by atoms with van der Waals surface area (Å²) in [5.74, 6) is -2.60. The number of nitrogens with one attached hydrogen (secondary N) is 2. The summed E-state index contributed by atoms with van der Waals surface area (Å²) in [7, 11) is 0. The lowest BCUT2D eigenvalue weighted by molar-refractivity contribution is -0.198. The Kier molecular flexibility index (Phi) is 5.25. The van der Waals surface area contributed by atoms with E-state index in [2.05, 4.69) is 15.5 Å². The van der Waals surface area contributed by atoms with Crippen LogP contribution in [0.15, 0.2) is 0 Å². The predicted molar refractivity (Wildman–Crippen MR) is 76.4 cm³/mol. The fraction of sp³-hybridized carbons (Fsp3) is 0.769. The van der Waals surface area contributed by atoms with Gasteiger partial charge in [0.2, 0.25) is 5.91 Å². The maximum atomic E-state index is 13.0. The van der Waals surface area contributed by atoms with Gasteiger partial charge in [-0.15, -0.1) is 0 Å². The minimum atomic E-state index is -4.33. The molecule has 1 aliphatic rings. The lowest BCUT2D eigenvalue weighted by atomic mass is 9.78. The Labute approximate surface area is 131 Å². The van der Waals surface area contributed by atoms with Gasteiger partial charge in [0, 0.05) is 12.5 Å². The molecular formula is C13H19F3N4OS. The Bertz CT molecular complexity index is 581. The van der Waals surface area contributed by atoms with Crippen molar-refractivity contribution in [2.45, 2.75) is 51.9 Å². The van der Waals surface area contributed by atoms with Crippen molar-refractivity contribution in [3.05, 3.63) is 10.6 Å². The zero-order valence-corrected chi connectivity index (χ0v) is 13.1. The molecule has 1 amide bonds. The van der Waals surface area contributed by atoms with Crippen LogP contribution in [0.5, 0.6) is 0 Å². The number of hydrogen-bond acceptors (Lipinski definition) is 3. The molecule has 0 radical (unpaired) electrons. The van der Waals surface area contributed by atoms with E-state index in [4.69, 9.17) is 12.2 Å². The third kappa shape index (κ3) is 3.68. The summed E-state index contributed by atoms with van der Waals surface area (Å²) in [6, 6.07) is 0. The monoisotopic (exact) mass is 336 g/mol. The van der Waals surface area contributed by atoms with Gasteiger partial charge in [0.1, 0.15) is 0 Å². The number of rotatable bonds is 4. The first kappa shape index (κ1) is 17.0. The van der Waals surface area contributed by atoms with Gasteiger partial charge >= 0.3 is 6.18 Å². The van der Waals surface area contributed by atoms with Crippen molar-refractivity contribution in [3.63, 3.8) is 0 Å². The van der Waals surface area contributed by atoms with E-state index in [0.717, 1.165) is 0 Å². The largest absolute Gasteiger partial charge is 0.392 e. The molecule has 0 aromatic carbocycles. The first-order chi connectivity index (χ1) is 10.3. The molecule has 9 heteroatoms. The summed E-state index contributed by atoms with van der Waals surface area (Å²) < 4.78 is 41.2. The van der Waals surface area contributed by atoms with Crippen LogP contribution in [-0.4, -0.2) is 26.8 Å². The van der Waals surface area contributed by atoms with Gasteiger partial charge < -0.3 is 9.88 Å². The molecule has 1 aliphatic carbocycles. The van der Waals surface area contributed by atoms with E-state index in [1.165, 1.54) is 0 Å². The van der Waals surface area contributed by atoms with Crippen LogP contribution in [0.25, 0.3) is 0 Å². The van der Waals surface area contributed by atoms with Crippen molar-refractivity contribution >= 4 is 18.1 Å². The molecule has 1 aromatic rings. The number of nitrogens with zero attached hydrogens (tertiary/aromatic N) is 2. The summed E-state index contributed by atoms with van der Waals surface area (Å²) in [6.45, 7) is 2.52. The van der Waals surface area contributed by atoms with Gasteiger partial charge in [0.25, 0.3) is 0 Å². The Morgan fingerprint density at radius 2 is 2.14 bits per heavy atom. The molecule has 2 N–H and O–H groups in total. The topological polar surface area (TPSA) is 62.7 Å². The first-order valence-electron chi connectivity index (χ1n) is 7.33. The maximum Gasteiger partial charge on any atom is 0.392 e. The van der Waals surface area contributed by atoms with Crippen molar-refractivity contribution in [3.8, 4) is 0 Å². The van der Waals surface area contributed by atoms with Gasteiger partial charge in [-0.2, -0.15) is 18.3 Å². The summed E-state index contributed by atoms with van der Waals surface area (Å²) in [5.41, 5.74) is 0. The van der Waals surface area contributed by atoms with Crippen molar-refractivity contribution < 1.29 is 18.0 Å². The molecule has 22 heavy (non-hydrogen) atoms. The zero-order chi connectivity index (χ0) is 16.3. The highest BCUT2D eigenvalue weighted by atomic mass is 32.1. The highest BCUT2D eigenvalue weighted by Gasteiger charge is 2.47. The standard InChI is InChI=1S/C13H19F3N4OS/c1-2-20-10(18-19-12(20)22)7-17-11(21)8-5-3-4-6-9(8)13(14,15)16/h8-9H,2-7H2,1H3,(H,17,21)(H,19,22)/t8-,9+/m0/s1. The second-order valence-electron chi connectivity index (χ2n) is 5.45. The van der Waals surface area contributed by atoms with Crippen LogP contribution >= 0.6 is 12.2 Å². The van der Waals surface area contributed by atoms with Crippen LogP contribution in [0.3, 0.4) is 0 Å². The van der Waals surface area contributed by atoms with E-state index in [0.29, 0.717) is 30.0 Å². The molecule has 2 atom stereocenters. The van der Waals surface area contributed by atoms with E-state index in [1.807, 2.05) is 6.92 Å². The molecule has 124 valence electrons.